The lowest BCUT2D eigenvalue weighted by Gasteiger charge is -2.15. The quantitative estimate of drug-likeness (QED) is 0.159. The fourth-order valence-electron chi connectivity index (χ4n) is 5.93. The molecule has 9 aromatic rings. The zero-order chi connectivity index (χ0) is 38.2. The number of rotatable bonds is 2. The molecule has 1 heterocycles. The van der Waals surface area contributed by atoms with E-state index in [-0.39, 0.29) is 44.3 Å². The molecule has 0 fully saturated rings. The smallest absolute Gasteiger partial charge is 0.143 e. The third kappa shape index (κ3) is 3.24. The molecule has 0 aliphatic carbocycles. The highest BCUT2D eigenvalue weighted by molar-refractivity contribution is 6.26. The lowest BCUT2D eigenvalue weighted by atomic mass is 9.88. The summed E-state index contributed by atoms with van der Waals surface area (Å²) in [5, 5.41) is 4.56. The summed E-state index contributed by atoms with van der Waals surface area (Å²) in [6, 6.07) is 13.6. The molecule has 8 aromatic carbocycles. The Kier molecular flexibility index (Phi) is 2.77. The van der Waals surface area contributed by atoms with Gasteiger partial charge in [0, 0.05) is 16.2 Å². The number of hydrogen-bond acceptors (Lipinski definition) is 1. The lowest BCUT2D eigenvalue weighted by Crippen LogP contribution is -1.88. The van der Waals surface area contributed by atoms with Gasteiger partial charge in [0.25, 0.3) is 0 Å². The molecule has 190 valence electrons. The third-order valence-corrected chi connectivity index (χ3v) is 7.71. The molecule has 0 N–H and O–H groups in total. The zero-order valence-corrected chi connectivity index (χ0v) is 21.3. The van der Waals surface area contributed by atoms with Crippen LogP contribution in [0.25, 0.3) is 87.3 Å². The Bertz CT molecular complexity index is 3170. The lowest BCUT2D eigenvalue weighted by molar-refractivity contribution is 0.673. The molecule has 0 saturated heterocycles. The van der Waals surface area contributed by atoms with Gasteiger partial charge in [0.1, 0.15) is 11.2 Å². The van der Waals surface area contributed by atoms with Crippen LogP contribution in [0.2, 0.25) is 0 Å². The van der Waals surface area contributed by atoms with Crippen molar-refractivity contribution in [2.45, 2.75) is 0 Å². The van der Waals surface area contributed by atoms with Gasteiger partial charge in [-0.3, -0.25) is 0 Å². The molecular formula is C40H24O. The van der Waals surface area contributed by atoms with Crippen LogP contribution < -0.4 is 0 Å². The summed E-state index contributed by atoms with van der Waals surface area (Å²) >= 11 is 0. The minimum atomic E-state index is -0.702. The van der Waals surface area contributed by atoms with Crippen molar-refractivity contribution in [3.05, 3.63) is 145 Å². The third-order valence-electron chi connectivity index (χ3n) is 7.71. The second kappa shape index (κ2) is 8.55. The summed E-state index contributed by atoms with van der Waals surface area (Å²) < 4.78 is 121. The number of fused-ring (bicyclic) bond motifs is 9. The molecule has 0 spiro atoms. The van der Waals surface area contributed by atoms with Gasteiger partial charge in [-0.15, -0.1) is 0 Å². The summed E-state index contributed by atoms with van der Waals surface area (Å²) in [4.78, 5) is 0. The van der Waals surface area contributed by atoms with Gasteiger partial charge in [0.05, 0.1) is 17.8 Å². The van der Waals surface area contributed by atoms with E-state index in [0.29, 0.717) is 5.56 Å². The topological polar surface area (TPSA) is 13.1 Å². The minimum absolute atomic E-state index is 0.0565. The summed E-state index contributed by atoms with van der Waals surface area (Å²) in [5.74, 6) is 0. The van der Waals surface area contributed by atoms with Crippen LogP contribution in [0.4, 0.5) is 0 Å². The highest BCUT2D eigenvalue weighted by atomic mass is 16.3. The van der Waals surface area contributed by atoms with Gasteiger partial charge >= 0.3 is 0 Å². The van der Waals surface area contributed by atoms with Gasteiger partial charge in [-0.05, 0) is 78.1 Å². The van der Waals surface area contributed by atoms with Gasteiger partial charge in [0.15, 0.2) is 0 Å². The maximum Gasteiger partial charge on any atom is 0.143 e. The van der Waals surface area contributed by atoms with E-state index >= 15 is 0 Å². The van der Waals surface area contributed by atoms with Crippen LogP contribution >= 0.6 is 0 Å². The van der Waals surface area contributed by atoms with Crippen LogP contribution in [0.5, 0.6) is 0 Å². The summed E-state index contributed by atoms with van der Waals surface area (Å²) in [6.45, 7) is 0. The average Bonchev–Trinajstić information content (AvgIpc) is 3.57. The Balaban J connectivity index is 1.54. The van der Waals surface area contributed by atoms with Crippen molar-refractivity contribution in [1.82, 2.24) is 0 Å². The first kappa shape index (κ1) is 13.3. The molecule has 0 bridgehead atoms. The van der Waals surface area contributed by atoms with Crippen LogP contribution in [0, 0.1) is 0 Å². The fourth-order valence-corrected chi connectivity index (χ4v) is 5.93. The molecule has 41 heavy (non-hydrogen) atoms. The molecule has 1 aromatic heterocycles. The first-order chi connectivity index (χ1) is 25.8. The van der Waals surface area contributed by atoms with Crippen molar-refractivity contribution in [3.63, 3.8) is 0 Å². The molecule has 0 atom stereocenters. The summed E-state index contributed by atoms with van der Waals surface area (Å²) in [6.07, 6.45) is 0. The number of benzene rings is 8. The Labute approximate surface area is 255 Å². The van der Waals surface area contributed by atoms with E-state index in [0.717, 1.165) is 32.3 Å². The van der Waals surface area contributed by atoms with Gasteiger partial charge in [-0.2, -0.15) is 0 Å². The molecule has 9 rings (SSSR count). The van der Waals surface area contributed by atoms with Gasteiger partial charge < -0.3 is 4.42 Å². The molecule has 0 aliphatic rings. The van der Waals surface area contributed by atoms with E-state index in [1.807, 2.05) is 60.7 Å². The highest BCUT2D eigenvalue weighted by Gasteiger charge is 2.19. The van der Waals surface area contributed by atoms with Crippen molar-refractivity contribution in [2.75, 3.05) is 0 Å². The van der Waals surface area contributed by atoms with E-state index in [4.69, 9.17) is 18.1 Å². The molecule has 0 amide bonds. The van der Waals surface area contributed by atoms with Crippen LogP contribution in [0.1, 0.15) is 17.8 Å². The Morgan fingerprint density at radius 2 is 1.22 bits per heavy atom. The Morgan fingerprint density at radius 3 is 2.12 bits per heavy atom. The SMILES string of the molecule is [2H]c1c([2H])c([2H])c(-c2c([2H])c([2H])c([2H])c3c2c([2H])c([2H])c2c3oc3c([2H])c([2H])c([2H])c(-c4c5ccccc5cc5c4ccc4ccccc45)c32)c([2H])c1[2H]. The zero-order valence-electron chi connectivity index (χ0n) is 34.3. The van der Waals surface area contributed by atoms with E-state index in [2.05, 4.69) is 6.07 Å². The standard InChI is InChI=1S/C40H24O/c1-2-10-25(11-3-1)28-16-8-17-33-31(28)22-23-35-39-34(18-9-19-37(39)41-40(33)35)38-30-15-7-5-13-27(30)24-36-29-14-6-4-12-26(29)20-21-32(36)38/h1-24H/i1D,2D,3D,8D,9D,10D,11D,16D,17D,18D,19D,22D,23D. The van der Waals surface area contributed by atoms with Crippen LogP contribution in [-0.4, -0.2) is 0 Å². The average molecular weight is 534 g/mol. The van der Waals surface area contributed by atoms with Crippen molar-refractivity contribution >= 4 is 65.0 Å². The second-order valence-corrected chi connectivity index (χ2v) is 9.86. The number of furan rings is 1. The maximum atomic E-state index is 9.45. The predicted octanol–water partition coefficient (Wildman–Crippen LogP) is 11.5. The largest absolute Gasteiger partial charge is 0.455 e. The first-order valence-corrected chi connectivity index (χ1v) is 13.1. The minimum Gasteiger partial charge on any atom is -0.455 e. The van der Waals surface area contributed by atoms with Crippen molar-refractivity contribution in [2.24, 2.45) is 0 Å². The summed E-state index contributed by atoms with van der Waals surface area (Å²) in [7, 11) is 0. The second-order valence-electron chi connectivity index (χ2n) is 9.86. The summed E-state index contributed by atoms with van der Waals surface area (Å²) in [5.41, 5.74) is -0.554. The van der Waals surface area contributed by atoms with E-state index in [9.17, 15) is 4.11 Å². The van der Waals surface area contributed by atoms with Crippen molar-refractivity contribution < 1.29 is 22.2 Å². The molecule has 0 unspecified atom stereocenters. The predicted molar refractivity (Wildman–Crippen MR) is 175 cm³/mol. The first-order valence-electron chi connectivity index (χ1n) is 19.6. The number of hydrogen-bond donors (Lipinski definition) is 0. The molecule has 1 nitrogen and oxygen atoms in total. The monoisotopic (exact) mass is 533 g/mol. The van der Waals surface area contributed by atoms with E-state index in [1.165, 1.54) is 0 Å². The fraction of sp³-hybridized carbons (Fsp3) is 0. The van der Waals surface area contributed by atoms with Gasteiger partial charge in [-0.1, -0.05) is 127 Å². The van der Waals surface area contributed by atoms with Crippen LogP contribution in [0.3, 0.4) is 0 Å². The molecule has 0 saturated carbocycles. The maximum absolute atomic E-state index is 9.45. The van der Waals surface area contributed by atoms with E-state index in [1.54, 1.807) is 0 Å². The molecule has 0 radical (unpaired) electrons. The van der Waals surface area contributed by atoms with Gasteiger partial charge in [0.2, 0.25) is 0 Å². The van der Waals surface area contributed by atoms with Crippen molar-refractivity contribution in [3.8, 4) is 22.3 Å². The van der Waals surface area contributed by atoms with Gasteiger partial charge in [-0.25, -0.2) is 0 Å². The van der Waals surface area contributed by atoms with E-state index < -0.39 is 83.6 Å². The molecular weight excluding hydrogens is 496 g/mol. The Hall–Kier alpha value is -5.40. The molecule has 1 heteroatoms. The van der Waals surface area contributed by atoms with Crippen LogP contribution in [-0.2, 0) is 0 Å². The normalized spacial score (nSPS) is 16.3. The highest BCUT2D eigenvalue weighted by Crippen LogP contribution is 2.45. The van der Waals surface area contributed by atoms with Crippen molar-refractivity contribution in [1.29, 1.82) is 0 Å². The Morgan fingerprint density at radius 1 is 0.463 bits per heavy atom. The molecule has 0 aliphatic heterocycles. The van der Waals surface area contributed by atoms with Crippen LogP contribution in [0.15, 0.2) is 150 Å².